The van der Waals surface area contributed by atoms with Crippen LogP contribution in [-0.4, -0.2) is 42.6 Å². The summed E-state index contributed by atoms with van der Waals surface area (Å²) in [7, 11) is 0. The van der Waals surface area contributed by atoms with Crippen LogP contribution in [-0.2, 0) is 0 Å². The van der Waals surface area contributed by atoms with Crippen molar-refractivity contribution < 1.29 is 4.39 Å². The van der Waals surface area contributed by atoms with E-state index in [1.807, 2.05) is 0 Å². The first-order valence-corrected chi connectivity index (χ1v) is 7.09. The number of nitrogens with two attached hydrogens (primary N) is 1. The Morgan fingerprint density at radius 2 is 2.00 bits per heavy atom. The largest absolute Gasteiger partial charge is 0.389 e. The van der Waals surface area contributed by atoms with Gasteiger partial charge < -0.3 is 10.6 Å². The number of halogens is 1. The highest BCUT2D eigenvalue weighted by atomic mass is 32.1. The van der Waals surface area contributed by atoms with Crippen LogP contribution in [0.25, 0.3) is 0 Å². The lowest BCUT2D eigenvalue weighted by atomic mass is 10.1. The second-order valence-electron chi connectivity index (χ2n) is 4.86. The molecule has 2 rings (SSSR count). The summed E-state index contributed by atoms with van der Waals surface area (Å²) < 4.78 is 14.1. The number of thiocarbonyl (C=S) groups is 1. The van der Waals surface area contributed by atoms with E-state index in [-0.39, 0.29) is 10.8 Å². The number of piperazine rings is 1. The fourth-order valence-corrected chi connectivity index (χ4v) is 2.57. The smallest absolute Gasteiger partial charge is 0.147 e. The second kappa shape index (κ2) is 6.30. The van der Waals surface area contributed by atoms with Gasteiger partial charge in [-0.05, 0) is 31.2 Å². The van der Waals surface area contributed by atoms with Crippen LogP contribution in [0.2, 0.25) is 0 Å². The van der Waals surface area contributed by atoms with Crippen molar-refractivity contribution in [1.29, 1.82) is 0 Å². The van der Waals surface area contributed by atoms with E-state index in [0.29, 0.717) is 11.3 Å². The minimum absolute atomic E-state index is 0.234. The maximum atomic E-state index is 14.1. The van der Waals surface area contributed by atoms with Gasteiger partial charge in [0.1, 0.15) is 10.8 Å². The van der Waals surface area contributed by atoms with Gasteiger partial charge in [0.2, 0.25) is 0 Å². The molecular weight excluding hydrogens is 261 g/mol. The summed E-state index contributed by atoms with van der Waals surface area (Å²) in [6.07, 6.45) is 1.16. The van der Waals surface area contributed by atoms with Crippen LogP contribution >= 0.6 is 12.2 Å². The Labute approximate surface area is 119 Å². The molecule has 2 N–H and O–H groups in total. The molecule has 0 aromatic heterocycles. The molecule has 1 aliphatic heterocycles. The van der Waals surface area contributed by atoms with Crippen molar-refractivity contribution in [1.82, 2.24) is 4.90 Å². The van der Waals surface area contributed by atoms with Gasteiger partial charge in [0.25, 0.3) is 0 Å². The number of hydrogen-bond donors (Lipinski definition) is 1. The summed E-state index contributed by atoms with van der Waals surface area (Å²) in [5, 5.41) is 0. The maximum Gasteiger partial charge on any atom is 0.147 e. The quantitative estimate of drug-likeness (QED) is 0.856. The zero-order chi connectivity index (χ0) is 13.8. The summed E-state index contributed by atoms with van der Waals surface area (Å²) in [5.41, 5.74) is 6.74. The van der Waals surface area contributed by atoms with Crippen molar-refractivity contribution in [2.45, 2.75) is 13.3 Å². The van der Waals surface area contributed by atoms with Crippen LogP contribution in [0.1, 0.15) is 18.9 Å². The van der Waals surface area contributed by atoms with E-state index in [0.717, 1.165) is 39.1 Å². The average molecular weight is 281 g/mol. The van der Waals surface area contributed by atoms with Gasteiger partial charge in [0.05, 0.1) is 5.69 Å². The first-order chi connectivity index (χ1) is 9.11. The monoisotopic (exact) mass is 281 g/mol. The molecule has 0 atom stereocenters. The first-order valence-electron chi connectivity index (χ1n) is 6.68. The summed E-state index contributed by atoms with van der Waals surface area (Å²) in [6.45, 7) is 7.01. The molecule has 104 valence electrons. The zero-order valence-electron chi connectivity index (χ0n) is 11.2. The minimum Gasteiger partial charge on any atom is -0.389 e. The van der Waals surface area contributed by atoms with Crippen molar-refractivity contribution in [3.63, 3.8) is 0 Å². The SMILES string of the molecule is CCCN1CCN(c2ccc(C(N)=S)cc2F)CC1. The third-order valence-corrected chi connectivity index (χ3v) is 3.72. The van der Waals surface area contributed by atoms with Crippen molar-refractivity contribution in [3.05, 3.63) is 29.6 Å². The molecule has 1 aromatic rings. The molecule has 0 amide bonds. The summed E-state index contributed by atoms with van der Waals surface area (Å²) >= 11 is 4.86. The standard InChI is InChI=1S/C14H20FN3S/c1-2-5-17-6-8-18(9-7-17)13-4-3-11(14(16)19)10-12(13)15/h3-4,10H,2,5-9H2,1H3,(H2,16,19). The van der Waals surface area contributed by atoms with Gasteiger partial charge in [-0.15, -0.1) is 0 Å². The topological polar surface area (TPSA) is 32.5 Å². The van der Waals surface area contributed by atoms with Crippen LogP contribution in [0, 0.1) is 5.82 Å². The Morgan fingerprint density at radius 1 is 1.32 bits per heavy atom. The molecular formula is C14H20FN3S. The molecule has 1 aliphatic rings. The molecule has 19 heavy (non-hydrogen) atoms. The molecule has 0 bridgehead atoms. The van der Waals surface area contributed by atoms with E-state index in [9.17, 15) is 4.39 Å². The highest BCUT2D eigenvalue weighted by molar-refractivity contribution is 7.80. The molecule has 1 heterocycles. The van der Waals surface area contributed by atoms with Crippen LogP contribution in [0.3, 0.4) is 0 Å². The third-order valence-electron chi connectivity index (χ3n) is 3.49. The lowest BCUT2D eigenvalue weighted by molar-refractivity contribution is 0.258. The van der Waals surface area contributed by atoms with Gasteiger partial charge in [-0.25, -0.2) is 4.39 Å². The zero-order valence-corrected chi connectivity index (χ0v) is 12.0. The van der Waals surface area contributed by atoms with E-state index in [1.165, 1.54) is 6.07 Å². The molecule has 1 saturated heterocycles. The van der Waals surface area contributed by atoms with Gasteiger partial charge in [-0.2, -0.15) is 0 Å². The normalized spacial score (nSPS) is 16.6. The number of rotatable bonds is 4. The van der Waals surface area contributed by atoms with Gasteiger partial charge in [0, 0.05) is 31.7 Å². The molecule has 0 saturated carbocycles. The molecule has 1 fully saturated rings. The van der Waals surface area contributed by atoms with Crippen molar-refractivity contribution in [2.24, 2.45) is 5.73 Å². The van der Waals surface area contributed by atoms with Gasteiger partial charge in [0.15, 0.2) is 0 Å². The van der Waals surface area contributed by atoms with Crippen molar-refractivity contribution in [2.75, 3.05) is 37.6 Å². The highest BCUT2D eigenvalue weighted by Gasteiger charge is 2.19. The highest BCUT2D eigenvalue weighted by Crippen LogP contribution is 2.22. The number of hydrogen-bond acceptors (Lipinski definition) is 3. The predicted molar refractivity (Wildman–Crippen MR) is 81.2 cm³/mol. The van der Waals surface area contributed by atoms with Gasteiger partial charge >= 0.3 is 0 Å². The lowest BCUT2D eigenvalue weighted by Crippen LogP contribution is -2.46. The Balaban J connectivity index is 2.05. The minimum atomic E-state index is -0.241. The van der Waals surface area contributed by atoms with Gasteiger partial charge in [-0.1, -0.05) is 19.1 Å². The van der Waals surface area contributed by atoms with Crippen LogP contribution in [0.15, 0.2) is 18.2 Å². The average Bonchev–Trinajstić information content (AvgIpc) is 2.40. The Hall–Kier alpha value is -1.20. The van der Waals surface area contributed by atoms with E-state index in [1.54, 1.807) is 12.1 Å². The number of anilines is 1. The first kappa shape index (κ1) is 14.2. The lowest BCUT2D eigenvalue weighted by Gasteiger charge is -2.36. The Kier molecular flexibility index (Phi) is 4.71. The summed E-state index contributed by atoms with van der Waals surface area (Å²) in [6, 6.07) is 4.99. The van der Waals surface area contributed by atoms with E-state index in [4.69, 9.17) is 18.0 Å². The van der Waals surface area contributed by atoms with Crippen LogP contribution in [0.5, 0.6) is 0 Å². The van der Waals surface area contributed by atoms with Crippen LogP contribution in [0.4, 0.5) is 10.1 Å². The summed E-state index contributed by atoms with van der Waals surface area (Å²) in [4.78, 5) is 4.74. The maximum absolute atomic E-state index is 14.1. The predicted octanol–water partition coefficient (Wildman–Crippen LogP) is 1.99. The third kappa shape index (κ3) is 3.42. The molecule has 1 aromatic carbocycles. The van der Waals surface area contributed by atoms with Gasteiger partial charge in [-0.3, -0.25) is 4.90 Å². The van der Waals surface area contributed by atoms with Crippen LogP contribution < -0.4 is 10.6 Å². The second-order valence-corrected chi connectivity index (χ2v) is 5.30. The number of benzene rings is 1. The fraction of sp³-hybridized carbons (Fsp3) is 0.500. The Morgan fingerprint density at radius 3 is 2.53 bits per heavy atom. The van der Waals surface area contributed by atoms with Crippen molar-refractivity contribution in [3.8, 4) is 0 Å². The molecule has 0 spiro atoms. The molecule has 0 radical (unpaired) electrons. The molecule has 5 heteroatoms. The molecule has 3 nitrogen and oxygen atoms in total. The summed E-state index contributed by atoms with van der Waals surface area (Å²) in [5.74, 6) is -0.241. The number of nitrogens with zero attached hydrogens (tertiary/aromatic N) is 2. The van der Waals surface area contributed by atoms with E-state index < -0.39 is 0 Å². The van der Waals surface area contributed by atoms with Crippen molar-refractivity contribution >= 4 is 22.9 Å². The molecule has 0 unspecified atom stereocenters. The molecule has 0 aliphatic carbocycles. The Bertz CT molecular complexity index is 456. The van der Waals surface area contributed by atoms with E-state index in [2.05, 4.69) is 16.7 Å². The van der Waals surface area contributed by atoms with E-state index >= 15 is 0 Å². The fourth-order valence-electron chi connectivity index (χ4n) is 2.45.